The maximum Gasteiger partial charge on any atom is 0.402 e. The molecule has 0 bridgehead atoms. The first kappa shape index (κ1) is 51.5. The Bertz CT molecular complexity index is 2480. The number of aromatic hydroxyl groups is 3. The summed E-state index contributed by atoms with van der Waals surface area (Å²) < 4.78 is 51.8. The fourth-order valence-electron chi connectivity index (χ4n) is 7.50. The Morgan fingerprint density at radius 3 is 1.80 bits per heavy atom. The number of fused-ring (bicyclic) bond motifs is 1. The first-order chi connectivity index (χ1) is 33.3. The van der Waals surface area contributed by atoms with Gasteiger partial charge < -0.3 is 104 Å². The molecule has 378 valence electrons. The second kappa shape index (κ2) is 22.2. The van der Waals surface area contributed by atoms with Crippen LogP contribution in [-0.4, -0.2) is 196 Å². The number of aliphatic hydroxyl groups is 9. The van der Waals surface area contributed by atoms with Gasteiger partial charge in [-0.25, -0.2) is 9.21 Å². The molecule has 7 rings (SSSR count). The molecule has 3 aromatic carbocycles. The van der Waals surface area contributed by atoms with Gasteiger partial charge in [-0.15, -0.1) is 0 Å². The van der Waals surface area contributed by atoms with E-state index in [4.69, 9.17) is 47.4 Å². The molecular formula is C45H49O25+. The van der Waals surface area contributed by atoms with Gasteiger partial charge in [-0.05, 0) is 48.0 Å². The van der Waals surface area contributed by atoms with Gasteiger partial charge in [0.1, 0.15) is 115 Å². The maximum atomic E-state index is 12.8. The van der Waals surface area contributed by atoms with Crippen LogP contribution in [0.5, 0.6) is 28.7 Å². The minimum Gasteiger partial charge on any atom is -0.508 e. The van der Waals surface area contributed by atoms with Crippen molar-refractivity contribution in [2.75, 3.05) is 19.8 Å². The third-order valence-corrected chi connectivity index (χ3v) is 11.3. The number of carbonyl (C=O) groups is 3. The maximum absolute atomic E-state index is 12.8. The Balaban J connectivity index is 1.24. The third kappa shape index (κ3) is 11.8. The van der Waals surface area contributed by atoms with Crippen LogP contribution in [-0.2, 0) is 42.8 Å². The summed E-state index contributed by atoms with van der Waals surface area (Å²) in [5.41, 5.74) is 0.516. The number of carbonyl (C=O) groups excluding carboxylic acids is 2. The van der Waals surface area contributed by atoms with E-state index in [-0.39, 0.29) is 45.3 Å². The van der Waals surface area contributed by atoms with Crippen molar-refractivity contribution in [2.24, 2.45) is 0 Å². The fraction of sp³-hybridized carbons (Fsp3) is 0.422. The molecular weight excluding hydrogens is 940 g/mol. The minimum atomic E-state index is -2.07. The number of carboxylic acid groups (broad SMARTS) is 1. The van der Waals surface area contributed by atoms with Crippen molar-refractivity contribution in [1.29, 1.82) is 0 Å². The summed E-state index contributed by atoms with van der Waals surface area (Å²) in [5.74, 6) is -5.26. The summed E-state index contributed by atoms with van der Waals surface area (Å²) in [6.07, 6.45) is -26.8. The molecule has 25 heteroatoms. The van der Waals surface area contributed by atoms with Gasteiger partial charge in [-0.3, -0.25) is 9.59 Å². The number of hydrogen-bond donors (Lipinski definition) is 13. The smallest absolute Gasteiger partial charge is 0.402 e. The summed E-state index contributed by atoms with van der Waals surface area (Å²) in [4.78, 5) is 35.7. The molecule has 0 radical (unpaired) electrons. The van der Waals surface area contributed by atoms with Crippen LogP contribution in [0.2, 0.25) is 0 Å². The third-order valence-electron chi connectivity index (χ3n) is 11.3. The highest BCUT2D eigenvalue weighted by Crippen LogP contribution is 2.43. The van der Waals surface area contributed by atoms with Crippen molar-refractivity contribution in [3.05, 3.63) is 78.4 Å². The minimum absolute atomic E-state index is 0.0159. The standard InChI is InChI=1S/C45H48O25/c46-15-27-33(54)36(57)40(61)44(67-27)70-42-38(59)35(56)29(16-62-31(52)10-3-18-1-6-20(47)7-2-18)69-45(42)66-26-13-23-24(64-41(26)19-4-8-21(48)9-5-19)11-22(49)12-25(23)65-43-39(60)37(58)34(55)28(68-43)17-63-32(53)14-30(50)51/h1-13,27-29,33-40,42-46,54-61H,14-17H2,(H3-,47,48,49,50,51,52)/p+1. The van der Waals surface area contributed by atoms with Gasteiger partial charge in [0.25, 0.3) is 0 Å². The molecule has 3 saturated heterocycles. The van der Waals surface area contributed by atoms with Crippen LogP contribution in [0.15, 0.2) is 77.2 Å². The highest BCUT2D eigenvalue weighted by atomic mass is 16.8. The van der Waals surface area contributed by atoms with Gasteiger partial charge in [-0.2, -0.15) is 0 Å². The zero-order valence-electron chi connectivity index (χ0n) is 36.2. The van der Waals surface area contributed by atoms with Crippen molar-refractivity contribution in [2.45, 2.75) is 98.5 Å². The molecule has 15 atom stereocenters. The Hall–Kier alpha value is -6.30. The highest BCUT2D eigenvalue weighted by Gasteiger charge is 2.52. The van der Waals surface area contributed by atoms with E-state index >= 15 is 0 Å². The molecule has 3 aliphatic heterocycles. The summed E-state index contributed by atoms with van der Waals surface area (Å²) >= 11 is 0. The zero-order chi connectivity index (χ0) is 50.6. The number of aliphatic hydroxyl groups excluding tert-OH is 9. The SMILES string of the molecule is O=C(O)CC(=O)OCC1OC(Oc2cc(O)cc3[o+]c(-c4ccc(O)cc4)c(OC4OC(COC(=O)/C=C/c5ccc(O)cc5)C(O)C(O)C4OC4OC(CO)C(O)C(O)C4O)cc23)C(O)C(O)C1O. The molecule has 3 aliphatic rings. The number of ether oxygens (including phenoxy) is 8. The van der Waals surface area contributed by atoms with Gasteiger partial charge in [-0.1, -0.05) is 12.1 Å². The van der Waals surface area contributed by atoms with Crippen LogP contribution >= 0.6 is 0 Å². The Morgan fingerprint density at radius 2 is 1.16 bits per heavy atom. The lowest BCUT2D eigenvalue weighted by atomic mass is 9.97. The lowest BCUT2D eigenvalue weighted by molar-refractivity contribution is -0.357. The van der Waals surface area contributed by atoms with Gasteiger partial charge in [0, 0.05) is 18.2 Å². The first-order valence-electron chi connectivity index (χ1n) is 21.3. The molecule has 25 nitrogen and oxygen atoms in total. The quantitative estimate of drug-likeness (QED) is 0.0249. The van der Waals surface area contributed by atoms with Gasteiger partial charge in [0.05, 0.1) is 18.2 Å². The lowest BCUT2D eigenvalue weighted by Crippen LogP contribution is -2.65. The van der Waals surface area contributed by atoms with Crippen LogP contribution in [0.1, 0.15) is 12.0 Å². The molecule has 0 aliphatic carbocycles. The Labute approximate surface area is 394 Å². The van der Waals surface area contributed by atoms with Crippen LogP contribution in [0.3, 0.4) is 0 Å². The highest BCUT2D eigenvalue weighted by molar-refractivity contribution is 5.90. The molecule has 13 N–H and O–H groups in total. The van der Waals surface area contributed by atoms with Crippen molar-refractivity contribution in [3.63, 3.8) is 0 Å². The van der Waals surface area contributed by atoms with E-state index in [0.717, 1.165) is 18.2 Å². The average Bonchev–Trinajstić information content (AvgIpc) is 3.32. The van der Waals surface area contributed by atoms with Crippen molar-refractivity contribution in [3.8, 4) is 40.1 Å². The topological polar surface area (TPSA) is 399 Å². The number of benzene rings is 3. The molecule has 3 fully saturated rings. The number of rotatable bonds is 16. The molecule has 1 aromatic heterocycles. The van der Waals surface area contributed by atoms with E-state index in [0.29, 0.717) is 5.56 Å². The average molecular weight is 990 g/mol. The van der Waals surface area contributed by atoms with Crippen molar-refractivity contribution < 1.29 is 123 Å². The number of aliphatic carboxylic acids is 1. The predicted octanol–water partition coefficient (Wildman–Crippen LogP) is -2.03. The molecule has 4 aromatic rings. The van der Waals surface area contributed by atoms with Crippen LogP contribution in [0, 0.1) is 0 Å². The molecule has 4 heterocycles. The van der Waals surface area contributed by atoms with E-state index in [2.05, 4.69) is 0 Å². The Morgan fingerprint density at radius 1 is 0.600 bits per heavy atom. The van der Waals surface area contributed by atoms with E-state index in [1.807, 2.05) is 0 Å². The van der Waals surface area contributed by atoms with Crippen molar-refractivity contribution >= 4 is 35.0 Å². The molecule has 0 spiro atoms. The second-order valence-electron chi connectivity index (χ2n) is 16.2. The first-order valence-corrected chi connectivity index (χ1v) is 21.3. The number of phenolic OH excluding ortho intramolecular Hbond substituents is 3. The molecule has 15 unspecified atom stereocenters. The monoisotopic (exact) mass is 989 g/mol. The summed E-state index contributed by atoms with van der Waals surface area (Å²) in [5, 5.41) is 136. The van der Waals surface area contributed by atoms with Gasteiger partial charge in [0.15, 0.2) is 12.4 Å². The van der Waals surface area contributed by atoms with Crippen LogP contribution in [0.4, 0.5) is 0 Å². The molecule has 70 heavy (non-hydrogen) atoms. The van der Waals surface area contributed by atoms with E-state index in [1.54, 1.807) is 0 Å². The largest absolute Gasteiger partial charge is 0.508 e. The van der Waals surface area contributed by atoms with Gasteiger partial charge in [0.2, 0.25) is 18.3 Å². The second-order valence-corrected chi connectivity index (χ2v) is 16.2. The van der Waals surface area contributed by atoms with Gasteiger partial charge >= 0.3 is 29.3 Å². The number of hydrogen-bond acceptors (Lipinski definition) is 23. The number of phenols is 3. The molecule has 0 saturated carbocycles. The summed E-state index contributed by atoms with van der Waals surface area (Å²) in [6.45, 7) is -2.41. The number of esters is 2. The van der Waals surface area contributed by atoms with Crippen molar-refractivity contribution in [1.82, 2.24) is 0 Å². The normalized spacial score (nSPS) is 31.2. The van der Waals surface area contributed by atoms with E-state index in [9.17, 15) is 75.7 Å². The predicted molar refractivity (Wildman–Crippen MR) is 228 cm³/mol. The summed E-state index contributed by atoms with van der Waals surface area (Å²) in [6, 6.07) is 14.5. The van der Waals surface area contributed by atoms with E-state index in [1.165, 1.54) is 60.7 Å². The zero-order valence-corrected chi connectivity index (χ0v) is 36.2. The fourth-order valence-corrected chi connectivity index (χ4v) is 7.50. The number of carboxylic acids is 1. The van der Waals surface area contributed by atoms with Crippen LogP contribution in [0.25, 0.3) is 28.4 Å². The van der Waals surface area contributed by atoms with E-state index < -0.39 is 142 Å². The van der Waals surface area contributed by atoms with Crippen LogP contribution < -0.4 is 9.47 Å². The molecule has 0 amide bonds. The Kier molecular flexibility index (Phi) is 16.3. The lowest BCUT2D eigenvalue weighted by Gasteiger charge is -2.45. The summed E-state index contributed by atoms with van der Waals surface area (Å²) in [7, 11) is 0.